The van der Waals surface area contributed by atoms with Crippen molar-refractivity contribution in [1.29, 1.82) is 0 Å². The Hall–Kier alpha value is -2.78. The van der Waals surface area contributed by atoms with Gasteiger partial charge >= 0.3 is 0 Å². The molecule has 1 heterocycles. The predicted octanol–water partition coefficient (Wildman–Crippen LogP) is 2.90. The van der Waals surface area contributed by atoms with Gasteiger partial charge in [0.15, 0.2) is 11.5 Å². The molecule has 0 bridgehead atoms. The molecule has 0 unspecified atom stereocenters. The summed E-state index contributed by atoms with van der Waals surface area (Å²) in [5.41, 5.74) is 0.714. The van der Waals surface area contributed by atoms with Crippen LogP contribution < -0.4 is 24.2 Å². The van der Waals surface area contributed by atoms with Crippen molar-refractivity contribution in [2.45, 2.75) is 36.4 Å². The van der Waals surface area contributed by atoms with Crippen molar-refractivity contribution < 1.29 is 27.4 Å². The summed E-state index contributed by atoms with van der Waals surface area (Å²) in [5.74, 6) is 0.391. The Morgan fingerprint density at radius 1 is 1.07 bits per heavy atom. The molecule has 1 aliphatic carbocycles. The number of ether oxygens (including phenoxy) is 3. The molecule has 0 radical (unpaired) electrons. The van der Waals surface area contributed by atoms with Gasteiger partial charge in [-0.05, 0) is 50.2 Å². The van der Waals surface area contributed by atoms with Gasteiger partial charge in [0, 0.05) is 30.2 Å². The van der Waals surface area contributed by atoms with E-state index < -0.39 is 21.7 Å². The maximum atomic E-state index is 12.7. The lowest BCUT2D eigenvalue weighted by atomic mass is 10.2. The first-order valence-corrected chi connectivity index (χ1v) is 10.8. The topological polar surface area (TPSA) is 103 Å². The number of nitrogens with one attached hydrogen (secondary N) is 2. The Kier molecular flexibility index (Phi) is 4.87. The highest BCUT2D eigenvalue weighted by Gasteiger charge is 2.44. The lowest BCUT2D eigenvalue weighted by molar-refractivity contribution is -0.0716. The maximum Gasteiger partial charge on any atom is 0.255 e. The normalized spacial score (nSPS) is 16.8. The molecule has 0 atom stereocenters. The fourth-order valence-corrected chi connectivity index (χ4v) is 4.55. The van der Waals surface area contributed by atoms with E-state index >= 15 is 0 Å². The molecule has 1 aliphatic heterocycles. The third-order valence-corrected chi connectivity index (χ3v) is 6.58. The van der Waals surface area contributed by atoms with Gasteiger partial charge in [0.2, 0.25) is 10.0 Å². The molecule has 1 saturated carbocycles. The highest BCUT2D eigenvalue weighted by Crippen LogP contribution is 2.47. The van der Waals surface area contributed by atoms with E-state index in [9.17, 15) is 13.2 Å². The molecule has 1 fully saturated rings. The molecular weight excluding hydrogens is 396 g/mol. The van der Waals surface area contributed by atoms with Crippen LogP contribution >= 0.6 is 0 Å². The number of carbonyl (C=O) groups is 1. The first-order valence-electron chi connectivity index (χ1n) is 9.31. The van der Waals surface area contributed by atoms with Crippen molar-refractivity contribution in [1.82, 2.24) is 4.72 Å². The molecule has 2 aliphatic rings. The van der Waals surface area contributed by atoms with Crippen LogP contribution in [0.2, 0.25) is 0 Å². The SMILES string of the molecule is CNS(=O)(=O)c1cc(C(=O)Nc2ccc3c(c2)OC2(CCCC2)O3)ccc1OC. The number of hydrogen-bond donors (Lipinski definition) is 2. The van der Waals surface area contributed by atoms with Crippen molar-refractivity contribution in [3.05, 3.63) is 42.0 Å². The molecular formula is C20H22N2O6S. The van der Waals surface area contributed by atoms with Crippen LogP contribution in [0.1, 0.15) is 36.0 Å². The molecule has 154 valence electrons. The maximum absolute atomic E-state index is 12.7. The van der Waals surface area contributed by atoms with Gasteiger partial charge in [0.05, 0.1) is 7.11 Å². The number of sulfonamides is 1. The average Bonchev–Trinajstić information content (AvgIpc) is 3.32. The van der Waals surface area contributed by atoms with Crippen molar-refractivity contribution in [2.75, 3.05) is 19.5 Å². The second-order valence-corrected chi connectivity index (χ2v) is 8.87. The number of fused-ring (bicyclic) bond motifs is 1. The fraction of sp³-hybridized carbons (Fsp3) is 0.350. The van der Waals surface area contributed by atoms with Crippen LogP contribution in [-0.2, 0) is 10.0 Å². The Balaban J connectivity index is 1.56. The van der Waals surface area contributed by atoms with Crippen LogP contribution in [0.25, 0.3) is 0 Å². The second kappa shape index (κ2) is 7.23. The van der Waals surface area contributed by atoms with E-state index in [2.05, 4.69) is 10.0 Å². The van der Waals surface area contributed by atoms with E-state index in [4.69, 9.17) is 14.2 Å². The van der Waals surface area contributed by atoms with E-state index in [-0.39, 0.29) is 16.2 Å². The van der Waals surface area contributed by atoms with Crippen LogP contribution in [0.3, 0.4) is 0 Å². The van der Waals surface area contributed by atoms with Gasteiger partial charge in [-0.3, -0.25) is 4.79 Å². The van der Waals surface area contributed by atoms with Crippen molar-refractivity contribution in [2.24, 2.45) is 0 Å². The Bertz CT molecular complexity index is 1060. The van der Waals surface area contributed by atoms with E-state index in [0.717, 1.165) is 25.7 Å². The molecule has 9 heteroatoms. The lowest BCUT2D eigenvalue weighted by Gasteiger charge is -2.21. The Morgan fingerprint density at radius 2 is 1.79 bits per heavy atom. The quantitative estimate of drug-likeness (QED) is 0.774. The van der Waals surface area contributed by atoms with Gasteiger partial charge < -0.3 is 19.5 Å². The van der Waals surface area contributed by atoms with Crippen molar-refractivity contribution in [3.8, 4) is 17.2 Å². The van der Waals surface area contributed by atoms with Crippen LogP contribution in [0, 0.1) is 0 Å². The lowest BCUT2D eigenvalue weighted by Crippen LogP contribution is -2.34. The van der Waals surface area contributed by atoms with Gasteiger partial charge in [-0.25, -0.2) is 13.1 Å². The molecule has 2 aromatic rings. The smallest absolute Gasteiger partial charge is 0.255 e. The summed E-state index contributed by atoms with van der Waals surface area (Å²) < 4.78 is 43.7. The summed E-state index contributed by atoms with van der Waals surface area (Å²) in [5, 5.41) is 2.77. The largest absolute Gasteiger partial charge is 0.495 e. The molecule has 29 heavy (non-hydrogen) atoms. The van der Waals surface area contributed by atoms with Gasteiger partial charge in [0.25, 0.3) is 11.7 Å². The Labute approximate surface area is 169 Å². The predicted molar refractivity (Wildman–Crippen MR) is 106 cm³/mol. The third kappa shape index (κ3) is 3.63. The zero-order chi connectivity index (χ0) is 20.6. The minimum atomic E-state index is -3.78. The van der Waals surface area contributed by atoms with E-state index in [1.54, 1.807) is 18.2 Å². The minimum Gasteiger partial charge on any atom is -0.495 e. The van der Waals surface area contributed by atoms with Crippen molar-refractivity contribution in [3.63, 3.8) is 0 Å². The van der Waals surface area contributed by atoms with Crippen LogP contribution in [0.15, 0.2) is 41.3 Å². The zero-order valence-corrected chi connectivity index (χ0v) is 17.0. The van der Waals surface area contributed by atoms with Gasteiger partial charge in [-0.15, -0.1) is 0 Å². The van der Waals surface area contributed by atoms with E-state index in [1.807, 2.05) is 0 Å². The molecule has 4 rings (SSSR count). The summed E-state index contributed by atoms with van der Waals surface area (Å²) in [6.07, 6.45) is 3.82. The molecule has 2 N–H and O–H groups in total. The number of methoxy groups -OCH3 is 1. The number of anilines is 1. The number of carbonyl (C=O) groups excluding carboxylic acids is 1. The van der Waals surface area contributed by atoms with Crippen LogP contribution in [0.5, 0.6) is 17.2 Å². The molecule has 1 amide bonds. The van der Waals surface area contributed by atoms with Gasteiger partial charge in [0.1, 0.15) is 10.6 Å². The van der Waals surface area contributed by atoms with Gasteiger partial charge in [-0.1, -0.05) is 0 Å². The van der Waals surface area contributed by atoms with Gasteiger partial charge in [-0.2, -0.15) is 0 Å². The average molecular weight is 418 g/mol. The molecule has 0 saturated heterocycles. The van der Waals surface area contributed by atoms with Crippen molar-refractivity contribution >= 4 is 21.6 Å². The van der Waals surface area contributed by atoms with Crippen LogP contribution in [0.4, 0.5) is 5.69 Å². The van der Waals surface area contributed by atoms with E-state index in [1.165, 1.54) is 32.4 Å². The monoisotopic (exact) mass is 418 g/mol. The summed E-state index contributed by atoms with van der Waals surface area (Å²) in [6.45, 7) is 0. The second-order valence-electron chi connectivity index (χ2n) is 7.01. The third-order valence-electron chi connectivity index (χ3n) is 5.14. The van der Waals surface area contributed by atoms with Crippen LogP contribution in [-0.4, -0.2) is 34.3 Å². The summed E-state index contributed by atoms with van der Waals surface area (Å²) in [7, 11) is -1.12. The first kappa shape index (κ1) is 19.5. The molecule has 1 spiro atoms. The fourth-order valence-electron chi connectivity index (χ4n) is 3.63. The number of hydrogen-bond acceptors (Lipinski definition) is 6. The summed E-state index contributed by atoms with van der Waals surface area (Å²) >= 11 is 0. The van der Waals surface area contributed by atoms with E-state index in [0.29, 0.717) is 17.2 Å². The highest BCUT2D eigenvalue weighted by molar-refractivity contribution is 7.89. The highest BCUT2D eigenvalue weighted by atomic mass is 32.2. The minimum absolute atomic E-state index is 0.107. The zero-order valence-electron chi connectivity index (χ0n) is 16.2. The first-order chi connectivity index (χ1) is 13.9. The summed E-state index contributed by atoms with van der Waals surface area (Å²) in [6, 6.07) is 9.44. The standard InChI is InChI=1S/C20H22N2O6S/c1-21-29(24,25)18-11-13(5-7-16(18)26-2)19(23)22-14-6-8-15-17(12-14)28-20(27-15)9-3-4-10-20/h5-8,11-12,21H,3-4,9-10H2,1-2H3,(H,22,23). The molecule has 8 nitrogen and oxygen atoms in total. The number of rotatable bonds is 5. The number of amides is 1. The molecule has 0 aromatic heterocycles. The molecule has 2 aromatic carbocycles. The Morgan fingerprint density at radius 3 is 2.48 bits per heavy atom. The summed E-state index contributed by atoms with van der Waals surface area (Å²) in [4.78, 5) is 12.6. The number of benzene rings is 2.